The molecule has 1 aromatic rings. The van der Waals surface area contributed by atoms with Crippen LogP contribution in [0.4, 0.5) is 0 Å². The summed E-state index contributed by atoms with van der Waals surface area (Å²) in [5.41, 5.74) is 0.893. The number of hydrogen-bond acceptors (Lipinski definition) is 2. The van der Waals surface area contributed by atoms with Crippen molar-refractivity contribution < 1.29 is 5.11 Å². The van der Waals surface area contributed by atoms with Crippen LogP contribution in [0, 0.1) is 0 Å². The van der Waals surface area contributed by atoms with Crippen LogP contribution in [-0.4, -0.2) is 17.7 Å². The highest BCUT2D eigenvalue weighted by Gasteiger charge is 2.25. The summed E-state index contributed by atoms with van der Waals surface area (Å²) >= 11 is 5.82. The van der Waals surface area contributed by atoms with Crippen LogP contribution in [-0.2, 0) is 0 Å². The first-order valence-corrected chi connectivity index (χ1v) is 4.82. The molecule has 2 nitrogen and oxygen atoms in total. The Kier molecular flexibility index (Phi) is 2.54. The third kappa shape index (κ3) is 1.85. The van der Waals surface area contributed by atoms with Gasteiger partial charge >= 0.3 is 0 Å². The van der Waals surface area contributed by atoms with Crippen LogP contribution in [0.5, 0.6) is 0 Å². The highest BCUT2D eigenvalue weighted by molar-refractivity contribution is 6.30. The fourth-order valence-corrected chi connectivity index (χ4v) is 1.70. The van der Waals surface area contributed by atoms with E-state index in [1.54, 1.807) is 0 Å². The van der Waals surface area contributed by atoms with E-state index in [0.717, 1.165) is 18.5 Å². The summed E-state index contributed by atoms with van der Waals surface area (Å²) in [5, 5.41) is 13.7. The van der Waals surface area contributed by atoms with Crippen LogP contribution in [0.3, 0.4) is 0 Å². The number of aliphatic hydroxyl groups excluding tert-OH is 1. The van der Waals surface area contributed by atoms with Crippen LogP contribution in [0.2, 0.25) is 5.02 Å². The molecule has 1 saturated heterocycles. The summed E-state index contributed by atoms with van der Waals surface area (Å²) in [7, 11) is 0. The second-order valence-corrected chi connectivity index (χ2v) is 3.79. The summed E-state index contributed by atoms with van der Waals surface area (Å²) in [5.74, 6) is 0. The molecular formula is C10H12ClNO. The number of halogens is 1. The van der Waals surface area contributed by atoms with Crippen LogP contribution >= 0.6 is 11.6 Å². The summed E-state index contributed by atoms with van der Waals surface area (Å²) < 4.78 is 0. The maximum atomic E-state index is 9.84. The van der Waals surface area contributed by atoms with E-state index in [2.05, 4.69) is 5.32 Å². The van der Waals surface area contributed by atoms with Gasteiger partial charge in [0, 0.05) is 11.1 Å². The minimum Gasteiger partial charge on any atom is -0.387 e. The van der Waals surface area contributed by atoms with Gasteiger partial charge in [-0.15, -0.1) is 0 Å². The molecule has 0 radical (unpaired) electrons. The summed E-state index contributed by atoms with van der Waals surface area (Å²) in [4.78, 5) is 0. The highest BCUT2D eigenvalue weighted by atomic mass is 35.5. The molecule has 2 rings (SSSR count). The van der Waals surface area contributed by atoms with Crippen LogP contribution in [0.25, 0.3) is 0 Å². The lowest BCUT2D eigenvalue weighted by Crippen LogP contribution is -2.46. The Morgan fingerprint density at radius 3 is 2.85 bits per heavy atom. The van der Waals surface area contributed by atoms with Gasteiger partial charge in [0.15, 0.2) is 0 Å². The molecule has 3 heteroatoms. The normalized spacial score (nSPS) is 23.7. The van der Waals surface area contributed by atoms with Crippen molar-refractivity contribution in [3.05, 3.63) is 34.9 Å². The molecule has 2 atom stereocenters. The molecule has 1 aliphatic heterocycles. The number of nitrogens with one attached hydrogen (secondary N) is 1. The molecule has 1 aliphatic rings. The van der Waals surface area contributed by atoms with Gasteiger partial charge in [0.05, 0.1) is 6.10 Å². The van der Waals surface area contributed by atoms with Crippen LogP contribution < -0.4 is 5.32 Å². The van der Waals surface area contributed by atoms with E-state index < -0.39 is 6.10 Å². The van der Waals surface area contributed by atoms with Crippen molar-refractivity contribution in [3.63, 3.8) is 0 Å². The SMILES string of the molecule is OC(c1cccc(Cl)c1)C1CCN1. The third-order valence-electron chi connectivity index (χ3n) is 2.43. The minimum atomic E-state index is -0.424. The average Bonchev–Trinajstić information content (AvgIpc) is 2.01. The van der Waals surface area contributed by atoms with Crippen molar-refractivity contribution >= 4 is 11.6 Å². The molecule has 1 fully saturated rings. The molecule has 13 heavy (non-hydrogen) atoms. The minimum absolute atomic E-state index is 0.207. The molecule has 1 heterocycles. The van der Waals surface area contributed by atoms with Crippen LogP contribution in [0.1, 0.15) is 18.1 Å². The fourth-order valence-electron chi connectivity index (χ4n) is 1.50. The van der Waals surface area contributed by atoms with Crippen molar-refractivity contribution in [1.29, 1.82) is 0 Å². The molecule has 0 amide bonds. The highest BCUT2D eigenvalue weighted by Crippen LogP contribution is 2.24. The fraction of sp³-hybridized carbons (Fsp3) is 0.400. The van der Waals surface area contributed by atoms with Crippen molar-refractivity contribution in [1.82, 2.24) is 5.32 Å². The standard InChI is InChI=1S/C10H12ClNO/c11-8-3-1-2-7(6-8)10(13)9-4-5-12-9/h1-3,6,9-10,12-13H,4-5H2. The van der Waals surface area contributed by atoms with Crippen LogP contribution in [0.15, 0.2) is 24.3 Å². The Labute approximate surface area is 82.5 Å². The first kappa shape index (κ1) is 9.00. The number of aliphatic hydroxyl groups is 1. The molecule has 1 aromatic carbocycles. The Morgan fingerprint density at radius 1 is 1.54 bits per heavy atom. The molecular weight excluding hydrogens is 186 g/mol. The second kappa shape index (κ2) is 3.66. The quantitative estimate of drug-likeness (QED) is 0.757. The number of hydrogen-bond donors (Lipinski definition) is 2. The zero-order chi connectivity index (χ0) is 9.26. The molecule has 0 bridgehead atoms. The third-order valence-corrected chi connectivity index (χ3v) is 2.67. The first-order chi connectivity index (χ1) is 6.27. The van der Waals surface area contributed by atoms with E-state index in [1.165, 1.54) is 0 Å². The summed E-state index contributed by atoms with van der Waals surface area (Å²) in [6, 6.07) is 7.59. The van der Waals surface area contributed by atoms with E-state index >= 15 is 0 Å². The lowest BCUT2D eigenvalue weighted by molar-refractivity contribution is 0.0957. The Hall–Kier alpha value is -0.570. The van der Waals surface area contributed by atoms with E-state index in [1.807, 2.05) is 24.3 Å². The van der Waals surface area contributed by atoms with Gasteiger partial charge in [-0.3, -0.25) is 0 Å². The maximum Gasteiger partial charge on any atom is 0.0943 e. The van der Waals surface area contributed by atoms with Gasteiger partial charge in [-0.25, -0.2) is 0 Å². The van der Waals surface area contributed by atoms with E-state index in [-0.39, 0.29) is 6.04 Å². The van der Waals surface area contributed by atoms with Gasteiger partial charge in [-0.05, 0) is 30.7 Å². The van der Waals surface area contributed by atoms with Gasteiger partial charge in [-0.1, -0.05) is 23.7 Å². The monoisotopic (exact) mass is 197 g/mol. The Balaban J connectivity index is 2.14. The van der Waals surface area contributed by atoms with Crippen molar-refractivity contribution in [3.8, 4) is 0 Å². The molecule has 2 N–H and O–H groups in total. The smallest absolute Gasteiger partial charge is 0.0943 e. The van der Waals surface area contributed by atoms with Crippen molar-refractivity contribution in [2.24, 2.45) is 0 Å². The predicted octanol–water partition coefficient (Wildman–Crippen LogP) is 1.74. The lowest BCUT2D eigenvalue weighted by atomic mass is 9.95. The molecule has 0 saturated carbocycles. The predicted molar refractivity (Wildman–Crippen MR) is 52.8 cm³/mol. The molecule has 0 aromatic heterocycles. The zero-order valence-electron chi connectivity index (χ0n) is 7.20. The van der Waals surface area contributed by atoms with Crippen molar-refractivity contribution in [2.75, 3.05) is 6.54 Å². The summed E-state index contributed by atoms with van der Waals surface area (Å²) in [6.07, 6.45) is 0.612. The molecule has 0 aliphatic carbocycles. The van der Waals surface area contributed by atoms with Gasteiger partial charge < -0.3 is 10.4 Å². The lowest BCUT2D eigenvalue weighted by Gasteiger charge is -2.32. The van der Waals surface area contributed by atoms with E-state index in [4.69, 9.17) is 11.6 Å². The number of rotatable bonds is 2. The Bertz CT molecular complexity index is 299. The van der Waals surface area contributed by atoms with Gasteiger partial charge in [0.1, 0.15) is 0 Å². The first-order valence-electron chi connectivity index (χ1n) is 4.44. The van der Waals surface area contributed by atoms with Gasteiger partial charge in [0.25, 0.3) is 0 Å². The maximum absolute atomic E-state index is 9.84. The number of benzene rings is 1. The molecule has 2 unspecified atom stereocenters. The topological polar surface area (TPSA) is 32.3 Å². The second-order valence-electron chi connectivity index (χ2n) is 3.35. The van der Waals surface area contributed by atoms with Gasteiger partial charge in [0.2, 0.25) is 0 Å². The zero-order valence-corrected chi connectivity index (χ0v) is 7.96. The Morgan fingerprint density at radius 2 is 2.31 bits per heavy atom. The molecule has 0 spiro atoms. The van der Waals surface area contributed by atoms with E-state index in [9.17, 15) is 5.11 Å². The summed E-state index contributed by atoms with van der Waals surface area (Å²) in [6.45, 7) is 1.00. The average molecular weight is 198 g/mol. The van der Waals surface area contributed by atoms with E-state index in [0.29, 0.717) is 5.02 Å². The largest absolute Gasteiger partial charge is 0.387 e. The van der Waals surface area contributed by atoms with Crippen molar-refractivity contribution in [2.45, 2.75) is 18.6 Å². The molecule has 70 valence electrons. The van der Waals surface area contributed by atoms with Gasteiger partial charge in [-0.2, -0.15) is 0 Å².